The highest BCUT2D eigenvalue weighted by molar-refractivity contribution is 6.40. The number of hydrogen-bond acceptors (Lipinski definition) is 6. The summed E-state index contributed by atoms with van der Waals surface area (Å²) in [6.45, 7) is 0. The summed E-state index contributed by atoms with van der Waals surface area (Å²) in [6.07, 6.45) is 1.31. The van der Waals surface area contributed by atoms with Crippen LogP contribution >= 0.6 is 11.6 Å². The lowest BCUT2D eigenvalue weighted by Gasteiger charge is -2.11. The molecule has 0 unspecified atom stereocenters. The first-order chi connectivity index (χ1) is 16.4. The number of hydrazone groups is 1. The summed E-state index contributed by atoms with van der Waals surface area (Å²) in [4.78, 5) is 48.5. The van der Waals surface area contributed by atoms with Gasteiger partial charge in [0.1, 0.15) is 0 Å². The maximum Gasteiger partial charge on any atom is 0.337 e. The minimum Gasteiger partial charge on any atom is -0.465 e. The van der Waals surface area contributed by atoms with Gasteiger partial charge in [-0.3, -0.25) is 14.4 Å². The average molecular weight is 479 g/mol. The van der Waals surface area contributed by atoms with E-state index >= 15 is 0 Å². The van der Waals surface area contributed by atoms with Gasteiger partial charge in [-0.2, -0.15) is 5.10 Å². The Morgan fingerprint density at radius 3 is 2.21 bits per heavy atom. The molecule has 10 heteroatoms. The van der Waals surface area contributed by atoms with Gasteiger partial charge >= 0.3 is 17.8 Å². The number of benzene rings is 3. The predicted octanol–water partition coefficient (Wildman–Crippen LogP) is 3.47. The number of methoxy groups -OCH3 is 1. The van der Waals surface area contributed by atoms with E-state index in [1.54, 1.807) is 48.5 Å². The Balaban J connectivity index is 1.60. The molecule has 0 saturated carbocycles. The molecule has 0 aromatic heterocycles. The van der Waals surface area contributed by atoms with E-state index in [2.05, 4.69) is 25.9 Å². The third-order valence-electron chi connectivity index (χ3n) is 4.44. The lowest BCUT2D eigenvalue weighted by molar-refractivity contribution is -0.136. The van der Waals surface area contributed by atoms with E-state index in [9.17, 15) is 19.2 Å². The number of para-hydroxylation sites is 1. The van der Waals surface area contributed by atoms with Crippen LogP contribution in [0, 0.1) is 0 Å². The summed E-state index contributed by atoms with van der Waals surface area (Å²) in [5, 5.41) is 9.35. The molecular weight excluding hydrogens is 460 g/mol. The number of anilines is 2. The summed E-state index contributed by atoms with van der Waals surface area (Å²) in [6, 6.07) is 19.0. The third-order valence-corrected chi connectivity index (χ3v) is 4.69. The molecule has 0 saturated heterocycles. The fourth-order valence-electron chi connectivity index (χ4n) is 2.74. The van der Waals surface area contributed by atoms with Gasteiger partial charge in [0.25, 0.3) is 5.91 Å². The van der Waals surface area contributed by atoms with Crippen molar-refractivity contribution in [3.63, 3.8) is 0 Å². The van der Waals surface area contributed by atoms with Gasteiger partial charge in [0.05, 0.1) is 30.1 Å². The van der Waals surface area contributed by atoms with Gasteiger partial charge < -0.3 is 15.4 Å². The number of ether oxygens (including phenoxy) is 1. The molecule has 3 rings (SSSR count). The molecule has 0 heterocycles. The van der Waals surface area contributed by atoms with Crippen molar-refractivity contribution in [1.82, 2.24) is 5.43 Å². The average Bonchev–Trinajstić information content (AvgIpc) is 2.85. The second kappa shape index (κ2) is 11.4. The number of hydrogen-bond donors (Lipinski definition) is 3. The lowest BCUT2D eigenvalue weighted by atomic mass is 10.1. The lowest BCUT2D eigenvalue weighted by Crippen LogP contribution is -2.33. The Morgan fingerprint density at radius 2 is 1.53 bits per heavy atom. The smallest absolute Gasteiger partial charge is 0.337 e. The number of carbonyl (C=O) groups is 4. The summed E-state index contributed by atoms with van der Waals surface area (Å²) in [5.74, 6) is -3.00. The molecule has 3 aromatic carbocycles. The number of rotatable bonds is 6. The minimum absolute atomic E-state index is 0.150. The van der Waals surface area contributed by atoms with Crippen LogP contribution in [0.3, 0.4) is 0 Å². The number of amides is 3. The largest absolute Gasteiger partial charge is 0.465 e. The van der Waals surface area contributed by atoms with E-state index in [1.807, 2.05) is 0 Å². The second-order valence-corrected chi connectivity index (χ2v) is 7.21. The first-order valence-electron chi connectivity index (χ1n) is 9.86. The molecule has 0 atom stereocenters. The van der Waals surface area contributed by atoms with Crippen LogP contribution in [0.1, 0.15) is 26.3 Å². The van der Waals surface area contributed by atoms with E-state index in [4.69, 9.17) is 11.6 Å². The van der Waals surface area contributed by atoms with Gasteiger partial charge in [-0.15, -0.1) is 0 Å². The van der Waals surface area contributed by atoms with E-state index in [0.717, 1.165) is 0 Å². The summed E-state index contributed by atoms with van der Waals surface area (Å²) < 4.78 is 4.62. The van der Waals surface area contributed by atoms with Crippen molar-refractivity contribution in [1.29, 1.82) is 0 Å². The first kappa shape index (κ1) is 24.1. The molecule has 34 heavy (non-hydrogen) atoms. The maximum absolute atomic E-state index is 12.6. The van der Waals surface area contributed by atoms with Crippen LogP contribution in [-0.2, 0) is 14.3 Å². The molecule has 9 nitrogen and oxygen atoms in total. The van der Waals surface area contributed by atoms with E-state index in [0.29, 0.717) is 21.8 Å². The Bertz CT molecular complexity index is 1240. The van der Waals surface area contributed by atoms with Gasteiger partial charge in [0.2, 0.25) is 0 Å². The van der Waals surface area contributed by atoms with Gasteiger partial charge in [-0.05, 0) is 54.1 Å². The van der Waals surface area contributed by atoms with Crippen LogP contribution in [-0.4, -0.2) is 37.0 Å². The predicted molar refractivity (Wildman–Crippen MR) is 128 cm³/mol. The number of nitrogens with zero attached hydrogens (tertiary/aromatic N) is 1. The number of halogens is 1. The van der Waals surface area contributed by atoms with Gasteiger partial charge in [0.15, 0.2) is 0 Å². The molecule has 0 aliphatic heterocycles. The fraction of sp³-hybridized carbons (Fsp3) is 0.0417. The van der Waals surface area contributed by atoms with Crippen molar-refractivity contribution in [2.45, 2.75) is 0 Å². The molecule has 3 aromatic rings. The van der Waals surface area contributed by atoms with Gasteiger partial charge in [-0.25, -0.2) is 10.2 Å². The van der Waals surface area contributed by atoms with Crippen LogP contribution in [0.25, 0.3) is 0 Å². The molecule has 0 spiro atoms. The standard InChI is InChI=1S/C24H19ClN4O5/c1-34-24(33)16-8-6-15(7-9-16)14-26-29-23(32)22(31)28-20-5-3-2-4-19(20)21(30)27-18-12-10-17(25)11-13-18/h2-14H,1H3,(H,27,30)(H,28,31)(H,29,32). The third kappa shape index (κ3) is 6.50. The quantitative estimate of drug-likeness (QED) is 0.216. The van der Waals surface area contributed by atoms with Gasteiger partial charge in [-0.1, -0.05) is 35.9 Å². The van der Waals surface area contributed by atoms with Crippen LogP contribution < -0.4 is 16.1 Å². The van der Waals surface area contributed by atoms with Crippen molar-refractivity contribution >= 4 is 52.9 Å². The number of carbonyl (C=O) groups excluding carboxylic acids is 4. The topological polar surface area (TPSA) is 126 Å². The number of esters is 1. The summed E-state index contributed by atoms with van der Waals surface area (Å²) >= 11 is 5.85. The Kier molecular flexibility index (Phi) is 8.09. The van der Waals surface area contributed by atoms with Crippen LogP contribution in [0.2, 0.25) is 5.02 Å². The molecule has 3 amide bonds. The van der Waals surface area contributed by atoms with Crippen molar-refractivity contribution < 1.29 is 23.9 Å². The van der Waals surface area contributed by atoms with Gasteiger partial charge in [0, 0.05) is 10.7 Å². The molecule has 3 N–H and O–H groups in total. The SMILES string of the molecule is COC(=O)c1ccc(C=NNC(=O)C(=O)Nc2ccccc2C(=O)Nc2ccc(Cl)cc2)cc1. The van der Waals surface area contributed by atoms with Crippen LogP contribution in [0.15, 0.2) is 77.9 Å². The molecule has 0 aliphatic rings. The second-order valence-electron chi connectivity index (χ2n) is 6.77. The van der Waals surface area contributed by atoms with Crippen molar-refractivity contribution in [3.8, 4) is 0 Å². The molecule has 172 valence electrons. The zero-order valence-electron chi connectivity index (χ0n) is 17.9. The van der Waals surface area contributed by atoms with E-state index in [-0.39, 0.29) is 11.3 Å². The Morgan fingerprint density at radius 1 is 0.853 bits per heavy atom. The summed E-state index contributed by atoms with van der Waals surface area (Å²) in [7, 11) is 1.28. The van der Waals surface area contributed by atoms with Crippen molar-refractivity contribution in [2.24, 2.45) is 5.10 Å². The van der Waals surface area contributed by atoms with Crippen molar-refractivity contribution in [3.05, 3.63) is 94.5 Å². The Hall–Kier alpha value is -4.50. The van der Waals surface area contributed by atoms with E-state index < -0.39 is 23.7 Å². The molecule has 0 aliphatic carbocycles. The minimum atomic E-state index is -1.03. The fourth-order valence-corrected chi connectivity index (χ4v) is 2.87. The summed E-state index contributed by atoms with van der Waals surface area (Å²) in [5.41, 5.74) is 3.88. The molecule has 0 radical (unpaired) electrons. The van der Waals surface area contributed by atoms with Crippen LogP contribution in [0.4, 0.5) is 11.4 Å². The normalized spacial score (nSPS) is 10.4. The molecule has 0 fully saturated rings. The first-order valence-corrected chi connectivity index (χ1v) is 10.2. The highest BCUT2D eigenvalue weighted by Crippen LogP contribution is 2.19. The van der Waals surface area contributed by atoms with Crippen molar-refractivity contribution in [2.75, 3.05) is 17.7 Å². The monoisotopic (exact) mass is 478 g/mol. The zero-order chi connectivity index (χ0) is 24.5. The zero-order valence-corrected chi connectivity index (χ0v) is 18.6. The molecular formula is C24H19ClN4O5. The Labute approximate surface area is 199 Å². The maximum atomic E-state index is 12.6. The van der Waals surface area contributed by atoms with Crippen LogP contribution in [0.5, 0.6) is 0 Å². The number of nitrogens with one attached hydrogen (secondary N) is 3. The van der Waals surface area contributed by atoms with E-state index in [1.165, 1.54) is 37.6 Å². The highest BCUT2D eigenvalue weighted by atomic mass is 35.5. The molecule has 0 bridgehead atoms. The highest BCUT2D eigenvalue weighted by Gasteiger charge is 2.17.